The lowest BCUT2D eigenvalue weighted by Crippen LogP contribution is -2.33. The van der Waals surface area contributed by atoms with Gasteiger partial charge < -0.3 is 10.4 Å². The van der Waals surface area contributed by atoms with Gasteiger partial charge in [-0.1, -0.05) is 0 Å². The van der Waals surface area contributed by atoms with Crippen LogP contribution in [0.1, 0.15) is 25.7 Å². The number of hydrogen-bond donors (Lipinski definition) is 2. The van der Waals surface area contributed by atoms with Gasteiger partial charge in [-0.05, 0) is 30.6 Å². The number of carboxylic acid groups (broad SMARTS) is 1. The second-order valence-electron chi connectivity index (χ2n) is 4.16. The standard InChI is InChI=1S/C9H13NO3/c11-5-10-7(3-8(12)13)6-4-9(6)1-2-9/h5-7H,1-4H2,(H,10,11)(H,12,13). The van der Waals surface area contributed by atoms with Crippen LogP contribution in [-0.2, 0) is 9.59 Å². The van der Waals surface area contributed by atoms with Crippen molar-refractivity contribution >= 4 is 12.4 Å². The molecule has 72 valence electrons. The van der Waals surface area contributed by atoms with Crippen LogP contribution in [0.5, 0.6) is 0 Å². The van der Waals surface area contributed by atoms with Gasteiger partial charge in [0.1, 0.15) is 0 Å². The zero-order chi connectivity index (χ0) is 9.47. The summed E-state index contributed by atoms with van der Waals surface area (Å²) >= 11 is 0. The Bertz CT molecular complexity index is 247. The predicted octanol–water partition coefficient (Wildman–Crippen LogP) is 0.376. The topological polar surface area (TPSA) is 66.4 Å². The highest BCUT2D eigenvalue weighted by atomic mass is 16.4. The molecular formula is C9H13NO3. The van der Waals surface area contributed by atoms with Crippen LogP contribution in [-0.4, -0.2) is 23.5 Å². The molecule has 13 heavy (non-hydrogen) atoms. The Morgan fingerprint density at radius 1 is 1.69 bits per heavy atom. The summed E-state index contributed by atoms with van der Waals surface area (Å²) in [5.41, 5.74) is 0.441. The summed E-state index contributed by atoms with van der Waals surface area (Å²) in [4.78, 5) is 20.7. The molecule has 2 saturated carbocycles. The molecule has 2 unspecified atom stereocenters. The average Bonchev–Trinajstić information content (AvgIpc) is 2.92. The summed E-state index contributed by atoms with van der Waals surface area (Å²) in [6, 6.07) is -0.141. The van der Waals surface area contributed by atoms with Crippen molar-refractivity contribution in [1.82, 2.24) is 5.32 Å². The van der Waals surface area contributed by atoms with Crippen LogP contribution in [0.15, 0.2) is 0 Å². The minimum absolute atomic E-state index is 0.0607. The van der Waals surface area contributed by atoms with Crippen molar-refractivity contribution in [2.24, 2.45) is 11.3 Å². The van der Waals surface area contributed by atoms with Crippen LogP contribution in [0, 0.1) is 11.3 Å². The molecule has 0 bridgehead atoms. The molecule has 0 saturated heterocycles. The number of carbonyl (C=O) groups excluding carboxylic acids is 1. The molecule has 2 N–H and O–H groups in total. The van der Waals surface area contributed by atoms with E-state index in [2.05, 4.69) is 5.32 Å². The smallest absolute Gasteiger partial charge is 0.305 e. The van der Waals surface area contributed by atoms with Gasteiger partial charge >= 0.3 is 5.97 Å². The Kier molecular flexibility index (Phi) is 1.78. The normalized spacial score (nSPS) is 29.4. The molecule has 2 atom stereocenters. The molecule has 0 aromatic heterocycles. The van der Waals surface area contributed by atoms with E-state index >= 15 is 0 Å². The van der Waals surface area contributed by atoms with Crippen molar-refractivity contribution in [1.29, 1.82) is 0 Å². The first-order valence-corrected chi connectivity index (χ1v) is 4.59. The molecule has 4 heteroatoms. The highest BCUT2D eigenvalue weighted by Gasteiger charge is 2.65. The lowest BCUT2D eigenvalue weighted by atomic mass is 10.1. The number of carbonyl (C=O) groups is 2. The first-order valence-electron chi connectivity index (χ1n) is 4.59. The Morgan fingerprint density at radius 2 is 2.38 bits per heavy atom. The van der Waals surface area contributed by atoms with Crippen LogP contribution in [0.25, 0.3) is 0 Å². The summed E-state index contributed by atoms with van der Waals surface area (Å²) in [7, 11) is 0. The number of rotatable bonds is 5. The fourth-order valence-corrected chi connectivity index (χ4v) is 2.28. The zero-order valence-electron chi connectivity index (χ0n) is 7.32. The van der Waals surface area contributed by atoms with Gasteiger partial charge in [-0.3, -0.25) is 9.59 Å². The lowest BCUT2D eigenvalue weighted by molar-refractivity contribution is -0.137. The molecular weight excluding hydrogens is 170 g/mol. The van der Waals surface area contributed by atoms with Gasteiger partial charge in [-0.2, -0.15) is 0 Å². The predicted molar refractivity (Wildman–Crippen MR) is 45.0 cm³/mol. The van der Waals surface area contributed by atoms with E-state index in [0.717, 1.165) is 6.42 Å². The van der Waals surface area contributed by atoms with Crippen LogP contribution in [0.2, 0.25) is 0 Å². The van der Waals surface area contributed by atoms with Crippen LogP contribution in [0.4, 0.5) is 0 Å². The van der Waals surface area contributed by atoms with E-state index < -0.39 is 5.97 Å². The van der Waals surface area contributed by atoms with Gasteiger partial charge in [-0.15, -0.1) is 0 Å². The highest BCUT2D eigenvalue weighted by Crippen LogP contribution is 2.71. The average molecular weight is 183 g/mol. The van der Waals surface area contributed by atoms with Gasteiger partial charge in [0.25, 0.3) is 0 Å². The molecule has 2 rings (SSSR count). The number of hydrogen-bond acceptors (Lipinski definition) is 2. The minimum Gasteiger partial charge on any atom is -0.481 e. The molecule has 2 aliphatic rings. The van der Waals surface area contributed by atoms with Gasteiger partial charge in [0.15, 0.2) is 0 Å². The van der Waals surface area contributed by atoms with Crippen molar-refractivity contribution < 1.29 is 14.7 Å². The number of nitrogens with one attached hydrogen (secondary N) is 1. The molecule has 0 heterocycles. The van der Waals surface area contributed by atoms with E-state index in [1.54, 1.807) is 0 Å². The Balaban J connectivity index is 1.89. The van der Waals surface area contributed by atoms with E-state index in [9.17, 15) is 9.59 Å². The zero-order valence-corrected chi connectivity index (χ0v) is 7.32. The van der Waals surface area contributed by atoms with Crippen molar-refractivity contribution in [2.45, 2.75) is 31.7 Å². The third kappa shape index (κ3) is 1.53. The van der Waals surface area contributed by atoms with E-state index in [4.69, 9.17) is 5.11 Å². The number of carboxylic acids is 1. The largest absolute Gasteiger partial charge is 0.481 e. The van der Waals surface area contributed by atoms with Crippen LogP contribution in [0.3, 0.4) is 0 Å². The Morgan fingerprint density at radius 3 is 2.77 bits per heavy atom. The maximum Gasteiger partial charge on any atom is 0.305 e. The monoisotopic (exact) mass is 183 g/mol. The SMILES string of the molecule is O=CNC(CC(=O)O)C1CC12CC2. The number of amides is 1. The Hall–Kier alpha value is -1.06. The maximum atomic E-state index is 10.5. The summed E-state index contributed by atoms with van der Waals surface area (Å²) in [6.07, 6.45) is 4.21. The van der Waals surface area contributed by atoms with E-state index in [1.807, 2.05) is 0 Å². The molecule has 0 aromatic carbocycles. The van der Waals surface area contributed by atoms with E-state index in [0.29, 0.717) is 17.7 Å². The maximum absolute atomic E-state index is 10.5. The summed E-state index contributed by atoms with van der Waals surface area (Å²) in [6.45, 7) is 0. The molecule has 1 amide bonds. The molecule has 1 spiro atoms. The molecule has 0 radical (unpaired) electrons. The van der Waals surface area contributed by atoms with Crippen LogP contribution >= 0.6 is 0 Å². The molecule has 2 aliphatic carbocycles. The van der Waals surface area contributed by atoms with E-state index in [-0.39, 0.29) is 12.5 Å². The van der Waals surface area contributed by atoms with Crippen molar-refractivity contribution in [3.05, 3.63) is 0 Å². The van der Waals surface area contributed by atoms with Gasteiger partial charge in [0.2, 0.25) is 6.41 Å². The quantitative estimate of drug-likeness (QED) is 0.605. The highest BCUT2D eigenvalue weighted by molar-refractivity contribution is 5.68. The fourth-order valence-electron chi connectivity index (χ4n) is 2.28. The van der Waals surface area contributed by atoms with Gasteiger partial charge in [0.05, 0.1) is 6.42 Å². The molecule has 4 nitrogen and oxygen atoms in total. The molecule has 0 aromatic rings. The summed E-state index contributed by atoms with van der Waals surface area (Å²) in [5.74, 6) is -0.407. The molecule has 0 aliphatic heterocycles. The fraction of sp³-hybridized carbons (Fsp3) is 0.778. The minimum atomic E-state index is -0.831. The van der Waals surface area contributed by atoms with Crippen molar-refractivity contribution in [2.75, 3.05) is 0 Å². The third-order valence-corrected chi connectivity index (χ3v) is 3.31. The summed E-state index contributed by atoms with van der Waals surface area (Å²) < 4.78 is 0. The number of aliphatic carboxylic acids is 1. The first-order chi connectivity index (χ1) is 6.18. The summed E-state index contributed by atoms with van der Waals surface area (Å²) in [5, 5.41) is 11.2. The Labute approximate surface area is 76.3 Å². The molecule has 2 fully saturated rings. The van der Waals surface area contributed by atoms with E-state index in [1.165, 1.54) is 12.8 Å². The first kappa shape index (κ1) is 8.53. The lowest BCUT2D eigenvalue weighted by Gasteiger charge is -2.12. The van der Waals surface area contributed by atoms with Crippen molar-refractivity contribution in [3.8, 4) is 0 Å². The second-order valence-corrected chi connectivity index (χ2v) is 4.16. The van der Waals surface area contributed by atoms with Gasteiger partial charge in [-0.25, -0.2) is 0 Å². The third-order valence-electron chi connectivity index (χ3n) is 3.31. The van der Waals surface area contributed by atoms with Crippen molar-refractivity contribution in [3.63, 3.8) is 0 Å². The van der Waals surface area contributed by atoms with Gasteiger partial charge in [0, 0.05) is 6.04 Å². The van der Waals surface area contributed by atoms with Crippen LogP contribution < -0.4 is 5.32 Å². The second kappa shape index (κ2) is 2.72.